The predicted octanol–water partition coefficient (Wildman–Crippen LogP) is 1.87. The van der Waals surface area contributed by atoms with Crippen LogP contribution in [0, 0.1) is 11.6 Å². The molecule has 1 N–H and O–H groups in total. The molecular formula is C12H13F2NO2. The molecule has 1 aliphatic heterocycles. The van der Waals surface area contributed by atoms with Gasteiger partial charge in [0.05, 0.1) is 11.7 Å². The van der Waals surface area contributed by atoms with Crippen molar-refractivity contribution in [1.29, 1.82) is 0 Å². The first-order chi connectivity index (χ1) is 8.16. The molecule has 2 rings (SSSR count). The van der Waals surface area contributed by atoms with Crippen molar-refractivity contribution in [2.75, 3.05) is 13.2 Å². The van der Waals surface area contributed by atoms with Gasteiger partial charge in [-0.2, -0.15) is 0 Å². The summed E-state index contributed by atoms with van der Waals surface area (Å²) in [7, 11) is 0. The Morgan fingerprint density at radius 3 is 3.00 bits per heavy atom. The highest BCUT2D eigenvalue weighted by atomic mass is 19.1. The van der Waals surface area contributed by atoms with Crippen molar-refractivity contribution >= 4 is 5.91 Å². The highest BCUT2D eigenvalue weighted by molar-refractivity contribution is 5.94. The highest BCUT2D eigenvalue weighted by Gasteiger charge is 2.18. The zero-order valence-corrected chi connectivity index (χ0v) is 9.21. The van der Waals surface area contributed by atoms with E-state index in [0.717, 1.165) is 31.0 Å². The van der Waals surface area contributed by atoms with Crippen LogP contribution in [-0.4, -0.2) is 25.2 Å². The van der Waals surface area contributed by atoms with Crippen molar-refractivity contribution in [3.05, 3.63) is 35.4 Å². The number of hydrogen-bond acceptors (Lipinski definition) is 2. The van der Waals surface area contributed by atoms with Gasteiger partial charge >= 0.3 is 0 Å². The van der Waals surface area contributed by atoms with Gasteiger partial charge in [0.25, 0.3) is 5.91 Å². The third-order valence-corrected chi connectivity index (χ3v) is 2.69. The summed E-state index contributed by atoms with van der Waals surface area (Å²) in [5, 5.41) is 2.54. The molecule has 92 valence electrons. The molecule has 1 amide bonds. The molecule has 1 saturated heterocycles. The molecule has 5 heteroatoms. The van der Waals surface area contributed by atoms with E-state index in [9.17, 15) is 13.6 Å². The maximum Gasteiger partial charge on any atom is 0.254 e. The minimum atomic E-state index is -0.726. The molecule has 0 unspecified atom stereocenters. The van der Waals surface area contributed by atoms with Crippen LogP contribution in [0.5, 0.6) is 0 Å². The second kappa shape index (κ2) is 5.23. The number of ether oxygens (including phenoxy) is 1. The monoisotopic (exact) mass is 241 g/mol. The number of halogens is 2. The van der Waals surface area contributed by atoms with Crippen LogP contribution in [0.4, 0.5) is 8.78 Å². The quantitative estimate of drug-likeness (QED) is 0.877. The van der Waals surface area contributed by atoms with Gasteiger partial charge in [-0.05, 0) is 31.0 Å². The molecule has 0 radical (unpaired) electrons. The maximum atomic E-state index is 13.3. The highest BCUT2D eigenvalue weighted by Crippen LogP contribution is 2.12. The Balaban J connectivity index is 1.96. The number of hydrogen-bond donors (Lipinski definition) is 1. The van der Waals surface area contributed by atoms with Crippen LogP contribution in [0.15, 0.2) is 18.2 Å². The van der Waals surface area contributed by atoms with Crippen molar-refractivity contribution in [3.8, 4) is 0 Å². The summed E-state index contributed by atoms with van der Waals surface area (Å²) in [6.45, 7) is 1.02. The van der Waals surface area contributed by atoms with Crippen molar-refractivity contribution in [2.45, 2.75) is 18.9 Å². The standard InChI is InChI=1S/C12H13F2NO2/c13-8-3-4-11(14)10(6-8)12(16)15-7-9-2-1-5-17-9/h3-4,6,9H,1-2,5,7H2,(H,15,16)/t9-/m1/s1. The van der Waals surface area contributed by atoms with Crippen LogP contribution in [0.3, 0.4) is 0 Å². The summed E-state index contributed by atoms with van der Waals surface area (Å²) in [5.74, 6) is -1.97. The summed E-state index contributed by atoms with van der Waals surface area (Å²) >= 11 is 0. The van der Waals surface area contributed by atoms with E-state index in [2.05, 4.69) is 5.32 Å². The molecule has 0 aromatic heterocycles. The second-order valence-electron chi connectivity index (χ2n) is 3.97. The third-order valence-electron chi connectivity index (χ3n) is 2.69. The molecule has 0 aliphatic carbocycles. The topological polar surface area (TPSA) is 38.3 Å². The van der Waals surface area contributed by atoms with E-state index in [-0.39, 0.29) is 11.7 Å². The molecule has 0 saturated carbocycles. The zero-order chi connectivity index (χ0) is 12.3. The van der Waals surface area contributed by atoms with E-state index in [4.69, 9.17) is 4.74 Å². The van der Waals surface area contributed by atoms with Gasteiger partial charge in [-0.1, -0.05) is 0 Å². The minimum Gasteiger partial charge on any atom is -0.376 e. The molecule has 3 nitrogen and oxygen atoms in total. The Morgan fingerprint density at radius 1 is 1.47 bits per heavy atom. The molecule has 1 atom stereocenters. The summed E-state index contributed by atoms with van der Waals surface area (Å²) in [6, 6.07) is 2.81. The van der Waals surface area contributed by atoms with Gasteiger partial charge in [-0.15, -0.1) is 0 Å². The van der Waals surface area contributed by atoms with Crippen LogP contribution in [0.1, 0.15) is 23.2 Å². The van der Waals surface area contributed by atoms with Gasteiger partial charge in [0, 0.05) is 13.2 Å². The molecular weight excluding hydrogens is 228 g/mol. The van der Waals surface area contributed by atoms with E-state index >= 15 is 0 Å². The van der Waals surface area contributed by atoms with Gasteiger partial charge in [0.15, 0.2) is 0 Å². The van der Waals surface area contributed by atoms with Crippen LogP contribution >= 0.6 is 0 Å². The fourth-order valence-electron chi connectivity index (χ4n) is 1.78. The Kier molecular flexibility index (Phi) is 3.68. The number of benzene rings is 1. The van der Waals surface area contributed by atoms with Gasteiger partial charge in [-0.25, -0.2) is 8.78 Å². The number of amides is 1. The number of nitrogens with one attached hydrogen (secondary N) is 1. The first-order valence-electron chi connectivity index (χ1n) is 5.51. The van der Waals surface area contributed by atoms with Crippen LogP contribution in [0.25, 0.3) is 0 Å². The van der Waals surface area contributed by atoms with Gasteiger partial charge in [0.1, 0.15) is 11.6 Å². The summed E-state index contributed by atoms with van der Waals surface area (Å²) in [4.78, 5) is 11.6. The lowest BCUT2D eigenvalue weighted by atomic mass is 10.2. The third kappa shape index (κ3) is 3.00. The normalized spacial score (nSPS) is 19.3. The molecule has 1 aliphatic rings. The van der Waals surface area contributed by atoms with E-state index in [1.54, 1.807) is 0 Å². The number of carbonyl (C=O) groups excluding carboxylic acids is 1. The first-order valence-corrected chi connectivity index (χ1v) is 5.51. The number of carbonyl (C=O) groups is 1. The molecule has 1 fully saturated rings. The molecule has 0 bridgehead atoms. The lowest BCUT2D eigenvalue weighted by Gasteiger charge is -2.11. The Bertz CT molecular complexity index is 417. The van der Waals surface area contributed by atoms with Crippen LogP contribution in [0.2, 0.25) is 0 Å². The average molecular weight is 241 g/mol. The lowest BCUT2D eigenvalue weighted by Crippen LogP contribution is -2.32. The van der Waals surface area contributed by atoms with Crippen molar-refractivity contribution in [1.82, 2.24) is 5.32 Å². The van der Waals surface area contributed by atoms with Crippen molar-refractivity contribution < 1.29 is 18.3 Å². The van der Waals surface area contributed by atoms with Crippen molar-refractivity contribution in [2.24, 2.45) is 0 Å². The second-order valence-corrected chi connectivity index (χ2v) is 3.97. The summed E-state index contributed by atoms with van der Waals surface area (Å²) in [6.07, 6.45) is 1.83. The van der Waals surface area contributed by atoms with Gasteiger partial charge < -0.3 is 10.1 Å². The van der Waals surface area contributed by atoms with Crippen LogP contribution < -0.4 is 5.32 Å². The number of rotatable bonds is 3. The Hall–Kier alpha value is -1.49. The van der Waals surface area contributed by atoms with Crippen LogP contribution in [-0.2, 0) is 4.74 Å². The van der Waals surface area contributed by atoms with E-state index in [1.165, 1.54) is 0 Å². The van der Waals surface area contributed by atoms with E-state index < -0.39 is 17.5 Å². The molecule has 0 spiro atoms. The Morgan fingerprint density at radius 2 is 2.29 bits per heavy atom. The smallest absolute Gasteiger partial charge is 0.254 e. The van der Waals surface area contributed by atoms with E-state index in [0.29, 0.717) is 13.2 Å². The Labute approximate surface area is 97.8 Å². The lowest BCUT2D eigenvalue weighted by molar-refractivity contribution is 0.0854. The van der Waals surface area contributed by atoms with Crippen molar-refractivity contribution in [3.63, 3.8) is 0 Å². The molecule has 1 heterocycles. The fraction of sp³-hybridized carbons (Fsp3) is 0.417. The van der Waals surface area contributed by atoms with Gasteiger partial charge in [0.2, 0.25) is 0 Å². The minimum absolute atomic E-state index is 0.0180. The predicted molar refractivity (Wildman–Crippen MR) is 57.7 cm³/mol. The first kappa shape index (κ1) is 12.0. The molecule has 1 aromatic carbocycles. The fourth-order valence-corrected chi connectivity index (χ4v) is 1.78. The maximum absolute atomic E-state index is 13.3. The summed E-state index contributed by atoms with van der Waals surface area (Å²) in [5.41, 5.74) is -0.275. The molecule has 17 heavy (non-hydrogen) atoms. The zero-order valence-electron chi connectivity index (χ0n) is 9.21. The largest absolute Gasteiger partial charge is 0.376 e. The summed E-state index contributed by atoms with van der Waals surface area (Å²) < 4.78 is 31.4. The van der Waals surface area contributed by atoms with Gasteiger partial charge in [-0.3, -0.25) is 4.79 Å². The molecule has 1 aromatic rings. The van der Waals surface area contributed by atoms with E-state index in [1.807, 2.05) is 0 Å². The SMILES string of the molecule is O=C(NC[C@H]1CCCO1)c1cc(F)ccc1F. The average Bonchev–Trinajstić information content (AvgIpc) is 2.82.